The number of hydrogen-bond donors (Lipinski definition) is 2. The number of carbonyl (C=O) groups is 1. The van der Waals surface area contributed by atoms with Gasteiger partial charge in [0.1, 0.15) is 6.04 Å². The second-order valence-electron chi connectivity index (χ2n) is 5.07. The average Bonchev–Trinajstić information content (AvgIpc) is 2.36. The highest BCUT2D eigenvalue weighted by molar-refractivity contribution is 5.73. The molecule has 0 radical (unpaired) electrons. The van der Waals surface area contributed by atoms with Crippen LogP contribution in [-0.4, -0.2) is 17.1 Å². The molecule has 0 saturated carbocycles. The molecular formula is C14H18F3NO2. The van der Waals surface area contributed by atoms with E-state index in [1.807, 2.05) is 13.8 Å². The Balaban J connectivity index is 2.77. The first-order valence-corrected chi connectivity index (χ1v) is 6.28. The van der Waals surface area contributed by atoms with Gasteiger partial charge in [0.25, 0.3) is 0 Å². The quantitative estimate of drug-likeness (QED) is 0.874. The number of nitrogens with two attached hydrogens (primary N) is 1. The predicted octanol–water partition coefficient (Wildman–Crippen LogP) is 3.25. The van der Waals surface area contributed by atoms with Crippen molar-refractivity contribution in [1.29, 1.82) is 0 Å². The highest BCUT2D eigenvalue weighted by Crippen LogP contribution is 2.32. The molecule has 0 spiro atoms. The van der Waals surface area contributed by atoms with Crippen LogP contribution in [0.3, 0.4) is 0 Å². The van der Waals surface area contributed by atoms with E-state index in [4.69, 9.17) is 10.8 Å². The number of carboxylic acid groups (broad SMARTS) is 1. The molecule has 3 atom stereocenters. The molecule has 20 heavy (non-hydrogen) atoms. The molecule has 0 aliphatic heterocycles. The van der Waals surface area contributed by atoms with Crippen molar-refractivity contribution in [3.8, 4) is 0 Å². The number of halogens is 3. The Labute approximate surface area is 115 Å². The van der Waals surface area contributed by atoms with Gasteiger partial charge in [-0.25, -0.2) is 0 Å². The van der Waals surface area contributed by atoms with E-state index >= 15 is 0 Å². The van der Waals surface area contributed by atoms with Gasteiger partial charge in [0, 0.05) is 0 Å². The zero-order valence-electron chi connectivity index (χ0n) is 11.3. The van der Waals surface area contributed by atoms with Crippen molar-refractivity contribution >= 4 is 5.97 Å². The zero-order chi connectivity index (χ0) is 15.5. The Morgan fingerprint density at radius 2 is 1.75 bits per heavy atom. The molecule has 0 aliphatic rings. The number of aliphatic carboxylic acids is 1. The summed E-state index contributed by atoms with van der Waals surface area (Å²) in [6.45, 7) is 3.69. The van der Waals surface area contributed by atoms with Crippen LogP contribution in [0.1, 0.15) is 37.3 Å². The lowest BCUT2D eigenvalue weighted by atomic mass is 9.84. The van der Waals surface area contributed by atoms with Crippen molar-refractivity contribution in [1.82, 2.24) is 0 Å². The molecule has 3 N–H and O–H groups in total. The van der Waals surface area contributed by atoms with Crippen LogP contribution < -0.4 is 5.73 Å². The van der Waals surface area contributed by atoms with Crippen molar-refractivity contribution < 1.29 is 23.1 Å². The third-order valence-electron chi connectivity index (χ3n) is 3.56. The number of carboxylic acids is 1. The molecule has 3 unspecified atom stereocenters. The van der Waals surface area contributed by atoms with E-state index in [9.17, 15) is 18.0 Å². The van der Waals surface area contributed by atoms with Crippen LogP contribution >= 0.6 is 0 Å². The Morgan fingerprint density at radius 3 is 2.15 bits per heavy atom. The van der Waals surface area contributed by atoms with Gasteiger partial charge < -0.3 is 10.8 Å². The van der Waals surface area contributed by atoms with Crippen LogP contribution in [0.4, 0.5) is 13.2 Å². The summed E-state index contributed by atoms with van der Waals surface area (Å²) >= 11 is 0. The summed E-state index contributed by atoms with van der Waals surface area (Å²) in [5, 5.41) is 8.76. The fourth-order valence-corrected chi connectivity index (χ4v) is 2.01. The van der Waals surface area contributed by atoms with Crippen molar-refractivity contribution in [2.75, 3.05) is 0 Å². The van der Waals surface area contributed by atoms with E-state index in [0.29, 0.717) is 0 Å². The lowest BCUT2D eigenvalue weighted by Gasteiger charge is -2.22. The molecule has 1 aromatic rings. The van der Waals surface area contributed by atoms with E-state index in [-0.39, 0.29) is 18.3 Å². The number of hydrogen-bond acceptors (Lipinski definition) is 2. The van der Waals surface area contributed by atoms with Gasteiger partial charge in [-0.15, -0.1) is 0 Å². The summed E-state index contributed by atoms with van der Waals surface area (Å²) in [5.41, 5.74) is 5.51. The van der Waals surface area contributed by atoms with Crippen molar-refractivity contribution in [3.05, 3.63) is 35.4 Å². The van der Waals surface area contributed by atoms with Gasteiger partial charge in [0.15, 0.2) is 0 Å². The van der Waals surface area contributed by atoms with E-state index < -0.39 is 23.8 Å². The predicted molar refractivity (Wildman–Crippen MR) is 69.3 cm³/mol. The summed E-state index contributed by atoms with van der Waals surface area (Å²) < 4.78 is 37.4. The molecule has 3 nitrogen and oxygen atoms in total. The maximum atomic E-state index is 12.5. The maximum Gasteiger partial charge on any atom is 0.416 e. The first-order valence-electron chi connectivity index (χ1n) is 6.28. The molecule has 0 saturated heterocycles. The summed E-state index contributed by atoms with van der Waals surface area (Å²) in [6, 6.07) is 3.97. The second-order valence-corrected chi connectivity index (χ2v) is 5.07. The number of rotatable bonds is 5. The summed E-state index contributed by atoms with van der Waals surface area (Å²) in [4.78, 5) is 10.7. The minimum Gasteiger partial charge on any atom is -0.480 e. The van der Waals surface area contributed by atoms with Gasteiger partial charge >= 0.3 is 12.1 Å². The van der Waals surface area contributed by atoms with E-state index in [0.717, 1.165) is 17.7 Å². The topological polar surface area (TPSA) is 63.3 Å². The van der Waals surface area contributed by atoms with Crippen molar-refractivity contribution in [3.63, 3.8) is 0 Å². The minimum absolute atomic E-state index is 0.0437. The molecule has 6 heteroatoms. The molecule has 0 bridgehead atoms. The first-order chi connectivity index (χ1) is 9.12. The summed E-state index contributed by atoms with van der Waals surface area (Å²) in [6.07, 6.45) is -4.07. The average molecular weight is 289 g/mol. The Morgan fingerprint density at radius 1 is 1.25 bits per heavy atom. The standard InChI is InChI=1S/C14H18F3NO2/c1-8(7-12(18)13(19)20)9(2)10-3-5-11(6-4-10)14(15,16)17/h3-6,8-9,12H,7,18H2,1-2H3,(H,19,20). The maximum absolute atomic E-state index is 12.5. The van der Waals surface area contributed by atoms with Gasteiger partial charge in [-0.1, -0.05) is 26.0 Å². The fourth-order valence-electron chi connectivity index (χ4n) is 2.01. The fraction of sp³-hybridized carbons (Fsp3) is 0.500. The third-order valence-corrected chi connectivity index (χ3v) is 3.56. The molecule has 0 aliphatic carbocycles. The van der Waals surface area contributed by atoms with Crippen LogP contribution in [0.2, 0.25) is 0 Å². The molecule has 0 heterocycles. The van der Waals surface area contributed by atoms with Gasteiger partial charge in [-0.05, 0) is 36.0 Å². The van der Waals surface area contributed by atoms with Gasteiger partial charge in [-0.3, -0.25) is 4.79 Å². The Kier molecular flexibility index (Phi) is 5.16. The number of benzene rings is 1. The molecule has 112 valence electrons. The van der Waals surface area contributed by atoms with Gasteiger partial charge in [0.2, 0.25) is 0 Å². The van der Waals surface area contributed by atoms with Crippen molar-refractivity contribution in [2.24, 2.45) is 11.7 Å². The SMILES string of the molecule is CC(CC(N)C(=O)O)C(C)c1ccc(C(F)(F)F)cc1. The molecule has 1 rings (SSSR count). The molecule has 0 fully saturated rings. The molecule has 1 aromatic carbocycles. The Bertz CT molecular complexity index is 456. The monoisotopic (exact) mass is 289 g/mol. The molecular weight excluding hydrogens is 271 g/mol. The normalized spacial score (nSPS) is 16.5. The van der Waals surface area contributed by atoms with E-state index in [1.54, 1.807) is 0 Å². The van der Waals surface area contributed by atoms with Crippen LogP contribution in [-0.2, 0) is 11.0 Å². The lowest BCUT2D eigenvalue weighted by molar-refractivity contribution is -0.139. The second kappa shape index (κ2) is 6.26. The van der Waals surface area contributed by atoms with Crippen LogP contribution in [0.25, 0.3) is 0 Å². The van der Waals surface area contributed by atoms with Crippen LogP contribution in [0.15, 0.2) is 24.3 Å². The number of alkyl halides is 3. The minimum atomic E-state index is -4.35. The lowest BCUT2D eigenvalue weighted by Crippen LogP contribution is -2.32. The Hall–Kier alpha value is -1.56. The first kappa shape index (κ1) is 16.5. The smallest absolute Gasteiger partial charge is 0.416 e. The van der Waals surface area contributed by atoms with Gasteiger partial charge in [0.05, 0.1) is 5.56 Å². The molecule has 0 aromatic heterocycles. The zero-order valence-corrected chi connectivity index (χ0v) is 11.3. The molecule has 0 amide bonds. The van der Waals surface area contributed by atoms with Crippen molar-refractivity contribution in [2.45, 2.75) is 38.4 Å². The van der Waals surface area contributed by atoms with Crippen LogP contribution in [0, 0.1) is 5.92 Å². The highest BCUT2D eigenvalue weighted by atomic mass is 19.4. The van der Waals surface area contributed by atoms with E-state index in [1.165, 1.54) is 12.1 Å². The van der Waals surface area contributed by atoms with Gasteiger partial charge in [-0.2, -0.15) is 13.2 Å². The largest absolute Gasteiger partial charge is 0.480 e. The third kappa shape index (κ3) is 4.23. The summed E-state index contributed by atoms with van der Waals surface area (Å²) in [5.74, 6) is -1.18. The van der Waals surface area contributed by atoms with Crippen LogP contribution in [0.5, 0.6) is 0 Å². The highest BCUT2D eigenvalue weighted by Gasteiger charge is 2.30. The summed E-state index contributed by atoms with van der Waals surface area (Å²) in [7, 11) is 0. The van der Waals surface area contributed by atoms with E-state index in [2.05, 4.69) is 0 Å².